The standard InChI is InChI=1S/C20H20FNO2/c1-13-12-20(2,3)22-18-9-8-16(11-17(13)18)24-19(23)10-14-4-6-15(21)7-5-14/h4-9,11-12,22H,10H2,1-3H3. The third-order valence-corrected chi connectivity index (χ3v) is 3.94. The number of fused-ring (bicyclic) bond motifs is 1. The van der Waals surface area contributed by atoms with Crippen molar-refractivity contribution in [1.82, 2.24) is 0 Å². The minimum absolute atomic E-state index is 0.0993. The van der Waals surface area contributed by atoms with Crippen molar-refractivity contribution in [2.45, 2.75) is 32.7 Å². The van der Waals surface area contributed by atoms with Crippen molar-refractivity contribution in [2.24, 2.45) is 0 Å². The second-order valence-electron chi connectivity index (χ2n) is 6.66. The molecular weight excluding hydrogens is 305 g/mol. The fraction of sp³-hybridized carbons (Fsp3) is 0.250. The summed E-state index contributed by atoms with van der Waals surface area (Å²) >= 11 is 0. The maximum atomic E-state index is 12.9. The molecule has 2 aromatic carbocycles. The second-order valence-corrected chi connectivity index (χ2v) is 6.66. The first kappa shape index (κ1) is 16.2. The zero-order valence-corrected chi connectivity index (χ0v) is 14.0. The monoisotopic (exact) mass is 325 g/mol. The van der Waals surface area contributed by atoms with Crippen molar-refractivity contribution in [3.05, 3.63) is 65.5 Å². The van der Waals surface area contributed by atoms with E-state index < -0.39 is 0 Å². The van der Waals surface area contributed by atoms with Crippen LogP contribution in [0.1, 0.15) is 31.9 Å². The van der Waals surface area contributed by atoms with Crippen molar-refractivity contribution >= 4 is 17.2 Å². The van der Waals surface area contributed by atoms with Crippen molar-refractivity contribution in [2.75, 3.05) is 5.32 Å². The van der Waals surface area contributed by atoms with E-state index >= 15 is 0 Å². The van der Waals surface area contributed by atoms with Gasteiger partial charge < -0.3 is 10.1 Å². The molecule has 0 fully saturated rings. The van der Waals surface area contributed by atoms with E-state index in [0.717, 1.165) is 22.4 Å². The molecule has 0 unspecified atom stereocenters. The van der Waals surface area contributed by atoms with Gasteiger partial charge in [-0.1, -0.05) is 18.2 Å². The molecule has 0 atom stereocenters. The molecule has 3 rings (SSSR count). The van der Waals surface area contributed by atoms with Gasteiger partial charge in [-0.2, -0.15) is 0 Å². The third kappa shape index (κ3) is 3.65. The van der Waals surface area contributed by atoms with Gasteiger partial charge in [0.25, 0.3) is 0 Å². The van der Waals surface area contributed by atoms with Gasteiger partial charge in [0.1, 0.15) is 11.6 Å². The normalized spacial score (nSPS) is 15.1. The van der Waals surface area contributed by atoms with Crippen LogP contribution in [0, 0.1) is 5.82 Å². The molecule has 24 heavy (non-hydrogen) atoms. The van der Waals surface area contributed by atoms with E-state index in [9.17, 15) is 9.18 Å². The Hall–Kier alpha value is -2.62. The maximum absolute atomic E-state index is 12.9. The molecule has 0 saturated heterocycles. The molecule has 2 aromatic rings. The van der Waals surface area contributed by atoms with E-state index in [4.69, 9.17) is 4.74 Å². The van der Waals surface area contributed by atoms with Crippen LogP contribution >= 0.6 is 0 Å². The summed E-state index contributed by atoms with van der Waals surface area (Å²) in [4.78, 5) is 12.1. The van der Waals surface area contributed by atoms with Gasteiger partial charge in [0.2, 0.25) is 0 Å². The number of ether oxygens (including phenoxy) is 1. The van der Waals surface area contributed by atoms with Gasteiger partial charge in [0, 0.05) is 11.3 Å². The lowest BCUT2D eigenvalue weighted by Crippen LogP contribution is -2.31. The highest BCUT2D eigenvalue weighted by Gasteiger charge is 2.22. The van der Waals surface area contributed by atoms with E-state index in [-0.39, 0.29) is 23.7 Å². The summed E-state index contributed by atoms with van der Waals surface area (Å²) in [6.45, 7) is 6.26. The van der Waals surface area contributed by atoms with E-state index in [0.29, 0.717) is 5.75 Å². The largest absolute Gasteiger partial charge is 0.426 e. The number of carbonyl (C=O) groups excluding carboxylic acids is 1. The lowest BCUT2D eigenvalue weighted by atomic mass is 9.91. The van der Waals surface area contributed by atoms with Gasteiger partial charge >= 0.3 is 5.97 Å². The highest BCUT2D eigenvalue weighted by Crippen LogP contribution is 2.35. The highest BCUT2D eigenvalue weighted by molar-refractivity contribution is 5.82. The summed E-state index contributed by atoms with van der Waals surface area (Å²) in [6.07, 6.45) is 2.26. The highest BCUT2D eigenvalue weighted by atomic mass is 19.1. The molecule has 0 aromatic heterocycles. The Kier molecular flexibility index (Phi) is 4.14. The number of allylic oxidation sites excluding steroid dienone is 1. The number of benzene rings is 2. The zero-order chi connectivity index (χ0) is 17.3. The van der Waals surface area contributed by atoms with Crippen molar-refractivity contribution in [1.29, 1.82) is 0 Å². The smallest absolute Gasteiger partial charge is 0.315 e. The molecule has 3 nitrogen and oxygen atoms in total. The molecule has 0 aliphatic carbocycles. The molecule has 1 N–H and O–H groups in total. The summed E-state index contributed by atoms with van der Waals surface area (Å²) in [5.74, 6) is -0.179. The number of hydrogen-bond donors (Lipinski definition) is 1. The van der Waals surface area contributed by atoms with Crippen molar-refractivity contribution in [3.63, 3.8) is 0 Å². The molecule has 0 amide bonds. The fourth-order valence-corrected chi connectivity index (χ4v) is 2.96. The van der Waals surface area contributed by atoms with Crippen LogP contribution in [0.3, 0.4) is 0 Å². The minimum atomic E-state index is -0.368. The molecule has 4 heteroatoms. The Morgan fingerprint density at radius 2 is 1.88 bits per heavy atom. The average molecular weight is 325 g/mol. The quantitative estimate of drug-likeness (QED) is 0.663. The Labute approximate surface area is 141 Å². The van der Waals surface area contributed by atoms with Crippen LogP contribution in [-0.2, 0) is 11.2 Å². The summed E-state index contributed by atoms with van der Waals surface area (Å²) in [6, 6.07) is 11.4. The minimum Gasteiger partial charge on any atom is -0.426 e. The average Bonchev–Trinajstić information content (AvgIpc) is 2.49. The predicted octanol–water partition coefficient (Wildman–Crippen LogP) is 4.58. The SMILES string of the molecule is CC1=CC(C)(C)Nc2ccc(OC(=O)Cc3ccc(F)cc3)cc21. The fourth-order valence-electron chi connectivity index (χ4n) is 2.96. The van der Waals surface area contributed by atoms with Crippen LogP contribution < -0.4 is 10.1 Å². The molecule has 0 saturated carbocycles. The van der Waals surface area contributed by atoms with E-state index in [2.05, 4.69) is 25.2 Å². The van der Waals surface area contributed by atoms with Crippen LogP contribution in [0.25, 0.3) is 5.57 Å². The van der Waals surface area contributed by atoms with Crippen molar-refractivity contribution < 1.29 is 13.9 Å². The Morgan fingerprint density at radius 1 is 1.17 bits per heavy atom. The molecule has 124 valence electrons. The van der Waals surface area contributed by atoms with Crippen LogP contribution in [0.2, 0.25) is 0 Å². The maximum Gasteiger partial charge on any atom is 0.315 e. The van der Waals surface area contributed by atoms with Crippen LogP contribution in [0.4, 0.5) is 10.1 Å². The number of nitrogens with one attached hydrogen (secondary N) is 1. The van der Waals surface area contributed by atoms with Gasteiger partial charge in [-0.05, 0) is 62.2 Å². The van der Waals surface area contributed by atoms with Gasteiger partial charge in [-0.15, -0.1) is 0 Å². The molecule has 0 radical (unpaired) electrons. The van der Waals surface area contributed by atoms with Crippen LogP contribution in [0.15, 0.2) is 48.5 Å². The second kappa shape index (κ2) is 6.11. The van der Waals surface area contributed by atoms with Gasteiger partial charge in [-0.25, -0.2) is 4.39 Å². The molecular formula is C20H20FNO2. The summed E-state index contributed by atoms with van der Waals surface area (Å²) < 4.78 is 18.3. The van der Waals surface area contributed by atoms with Gasteiger partial charge in [-0.3, -0.25) is 4.79 Å². The first-order valence-electron chi connectivity index (χ1n) is 7.90. The zero-order valence-electron chi connectivity index (χ0n) is 14.0. The Bertz CT molecular complexity index is 807. The Balaban J connectivity index is 1.73. The Morgan fingerprint density at radius 3 is 2.58 bits per heavy atom. The number of carbonyl (C=O) groups is 1. The first-order valence-corrected chi connectivity index (χ1v) is 7.90. The lowest BCUT2D eigenvalue weighted by Gasteiger charge is -2.31. The molecule has 1 aliphatic rings. The number of halogens is 1. The van der Waals surface area contributed by atoms with Gasteiger partial charge in [0.15, 0.2) is 0 Å². The van der Waals surface area contributed by atoms with E-state index in [1.54, 1.807) is 18.2 Å². The number of rotatable bonds is 3. The molecule has 1 aliphatic heterocycles. The van der Waals surface area contributed by atoms with Crippen LogP contribution in [-0.4, -0.2) is 11.5 Å². The number of anilines is 1. The number of hydrogen-bond acceptors (Lipinski definition) is 3. The van der Waals surface area contributed by atoms with Crippen molar-refractivity contribution in [3.8, 4) is 5.75 Å². The van der Waals surface area contributed by atoms with E-state index in [1.807, 2.05) is 19.1 Å². The summed E-state index contributed by atoms with van der Waals surface area (Å²) in [5, 5.41) is 3.44. The topological polar surface area (TPSA) is 38.3 Å². The van der Waals surface area contributed by atoms with Crippen LogP contribution in [0.5, 0.6) is 5.75 Å². The summed E-state index contributed by atoms with van der Waals surface area (Å²) in [5.41, 5.74) is 3.82. The number of esters is 1. The first-order chi connectivity index (χ1) is 11.3. The van der Waals surface area contributed by atoms with E-state index in [1.165, 1.54) is 12.1 Å². The molecule has 0 bridgehead atoms. The molecule has 1 heterocycles. The third-order valence-electron chi connectivity index (χ3n) is 3.94. The lowest BCUT2D eigenvalue weighted by molar-refractivity contribution is -0.133. The summed E-state index contributed by atoms with van der Waals surface area (Å²) in [7, 11) is 0. The predicted molar refractivity (Wildman–Crippen MR) is 93.5 cm³/mol. The van der Waals surface area contributed by atoms with Gasteiger partial charge in [0.05, 0.1) is 12.0 Å². The molecule has 0 spiro atoms.